The van der Waals surface area contributed by atoms with Gasteiger partial charge in [-0.25, -0.2) is 4.79 Å². The number of rotatable bonds is 4. The van der Waals surface area contributed by atoms with Crippen LogP contribution in [-0.4, -0.2) is 80.6 Å². The van der Waals surface area contributed by atoms with Crippen LogP contribution in [0.5, 0.6) is 0 Å². The monoisotopic (exact) mass is 455 g/mol. The van der Waals surface area contributed by atoms with Gasteiger partial charge in [-0.3, -0.25) is 4.79 Å². The number of hydrogen-bond donors (Lipinski definition) is 5. The first-order valence-corrected chi connectivity index (χ1v) is 11.2. The third-order valence-electron chi connectivity index (χ3n) is 8.34. The second-order valence-corrected chi connectivity index (χ2v) is 10.8. The maximum Gasteiger partial charge on any atom is 0.407 e. The Labute approximate surface area is 188 Å². The molecule has 9 nitrogen and oxygen atoms in total. The minimum Gasteiger partial charge on any atom is -0.440 e. The molecule has 3 aliphatic rings. The summed E-state index contributed by atoms with van der Waals surface area (Å²) in [7, 11) is 0. The molecule has 32 heavy (non-hydrogen) atoms. The van der Waals surface area contributed by atoms with E-state index in [0.717, 1.165) is 0 Å². The fraction of sp³-hybridized carbons (Fsp3) is 0.826. The van der Waals surface area contributed by atoms with E-state index >= 15 is 0 Å². The van der Waals surface area contributed by atoms with Crippen LogP contribution >= 0.6 is 0 Å². The molecule has 0 bridgehead atoms. The van der Waals surface area contributed by atoms with Crippen LogP contribution in [0.1, 0.15) is 53.9 Å². The zero-order valence-corrected chi connectivity index (χ0v) is 19.6. The molecular formula is C23H37NO8. The molecule has 2 saturated carbocycles. The zero-order valence-electron chi connectivity index (χ0n) is 19.6. The van der Waals surface area contributed by atoms with Crippen molar-refractivity contribution in [1.82, 2.24) is 5.32 Å². The summed E-state index contributed by atoms with van der Waals surface area (Å²) in [5.41, 5.74) is -7.39. The maximum atomic E-state index is 13.7. The van der Waals surface area contributed by atoms with E-state index in [-0.39, 0.29) is 19.6 Å². The minimum absolute atomic E-state index is 0.0713. The SMILES string of the molecule is C=C[C@@]1(C)CC(=O)[C@]2(O)[C@@]3(C)[C@@H](O)CCC(C)(C)[C@@H]3[C@H](O)[C@H](OC(=O)NCCO)[C@@]2(C)O1. The number of nitrogens with one attached hydrogen (secondary N) is 1. The van der Waals surface area contributed by atoms with Crippen LogP contribution in [0, 0.1) is 16.7 Å². The normalized spacial score (nSPS) is 47.7. The van der Waals surface area contributed by atoms with Gasteiger partial charge in [-0.15, -0.1) is 6.58 Å². The molecule has 5 N–H and O–H groups in total. The zero-order chi connectivity index (χ0) is 24.3. The quantitative estimate of drug-likeness (QED) is 0.389. The highest BCUT2D eigenvalue weighted by Gasteiger charge is 2.81. The predicted octanol–water partition coefficient (Wildman–Crippen LogP) is 0.675. The molecule has 8 atom stereocenters. The lowest BCUT2D eigenvalue weighted by Gasteiger charge is -2.71. The molecule has 1 heterocycles. The van der Waals surface area contributed by atoms with Gasteiger partial charge in [-0.2, -0.15) is 0 Å². The van der Waals surface area contributed by atoms with Gasteiger partial charge >= 0.3 is 6.09 Å². The van der Waals surface area contributed by atoms with Crippen LogP contribution in [0.4, 0.5) is 4.79 Å². The summed E-state index contributed by atoms with van der Waals surface area (Å²) in [4.78, 5) is 26.2. The Morgan fingerprint density at radius 1 is 1.28 bits per heavy atom. The molecule has 0 aromatic rings. The first kappa shape index (κ1) is 25.1. The van der Waals surface area contributed by atoms with E-state index < -0.39 is 63.7 Å². The van der Waals surface area contributed by atoms with Crippen molar-refractivity contribution in [3.05, 3.63) is 12.7 Å². The average Bonchev–Trinajstić information content (AvgIpc) is 2.70. The fourth-order valence-corrected chi connectivity index (χ4v) is 6.79. The third kappa shape index (κ3) is 3.16. The topological polar surface area (TPSA) is 146 Å². The number of fused-ring (bicyclic) bond motifs is 3. The number of Topliss-reactive ketones (excluding diaryl/α,β-unsaturated/α-hetero) is 1. The van der Waals surface area contributed by atoms with E-state index in [1.54, 1.807) is 13.8 Å². The molecule has 9 heteroatoms. The van der Waals surface area contributed by atoms with Gasteiger partial charge in [-0.1, -0.05) is 26.8 Å². The van der Waals surface area contributed by atoms with Crippen molar-refractivity contribution in [2.75, 3.05) is 13.2 Å². The minimum atomic E-state index is -2.26. The molecule has 0 unspecified atom stereocenters. The molecule has 3 fully saturated rings. The number of aliphatic hydroxyl groups is 4. The molecule has 1 saturated heterocycles. The van der Waals surface area contributed by atoms with Crippen molar-refractivity contribution in [3.63, 3.8) is 0 Å². The van der Waals surface area contributed by atoms with E-state index in [1.165, 1.54) is 13.0 Å². The van der Waals surface area contributed by atoms with Gasteiger partial charge in [-0.05, 0) is 32.1 Å². The number of carbonyl (C=O) groups excluding carboxylic acids is 2. The number of aliphatic hydroxyl groups excluding tert-OH is 3. The fourth-order valence-electron chi connectivity index (χ4n) is 6.79. The molecular weight excluding hydrogens is 418 g/mol. The van der Waals surface area contributed by atoms with Crippen LogP contribution < -0.4 is 5.32 Å². The smallest absolute Gasteiger partial charge is 0.407 e. The van der Waals surface area contributed by atoms with E-state index in [0.29, 0.717) is 12.8 Å². The van der Waals surface area contributed by atoms with Gasteiger partial charge in [0.2, 0.25) is 0 Å². The van der Waals surface area contributed by atoms with Crippen LogP contribution in [0.25, 0.3) is 0 Å². The Bertz CT molecular complexity index is 801. The van der Waals surface area contributed by atoms with Crippen molar-refractivity contribution >= 4 is 11.9 Å². The second-order valence-electron chi connectivity index (χ2n) is 10.8. The van der Waals surface area contributed by atoms with Crippen LogP contribution in [-0.2, 0) is 14.3 Å². The van der Waals surface area contributed by atoms with E-state index in [2.05, 4.69) is 11.9 Å². The van der Waals surface area contributed by atoms with E-state index in [1.807, 2.05) is 13.8 Å². The molecule has 3 rings (SSSR count). The summed E-state index contributed by atoms with van der Waals surface area (Å²) in [5, 5.41) is 46.4. The van der Waals surface area contributed by atoms with Gasteiger partial charge in [0.1, 0.15) is 5.60 Å². The lowest BCUT2D eigenvalue weighted by atomic mass is 9.40. The van der Waals surface area contributed by atoms with Gasteiger partial charge in [0.05, 0.1) is 24.4 Å². The molecule has 182 valence electrons. The highest BCUT2D eigenvalue weighted by atomic mass is 16.6. The Morgan fingerprint density at radius 2 is 1.91 bits per heavy atom. The summed E-state index contributed by atoms with van der Waals surface area (Å²) < 4.78 is 11.9. The van der Waals surface area contributed by atoms with Crippen LogP contribution in [0.15, 0.2) is 12.7 Å². The Morgan fingerprint density at radius 3 is 2.47 bits per heavy atom. The van der Waals surface area contributed by atoms with Gasteiger partial charge in [0.25, 0.3) is 0 Å². The number of amides is 1. The third-order valence-corrected chi connectivity index (χ3v) is 8.34. The molecule has 0 aromatic carbocycles. The number of carbonyl (C=O) groups is 2. The van der Waals surface area contributed by atoms with Gasteiger partial charge in [0, 0.05) is 24.3 Å². The Hall–Kier alpha value is -1.52. The van der Waals surface area contributed by atoms with Crippen molar-refractivity contribution in [1.29, 1.82) is 0 Å². The van der Waals surface area contributed by atoms with Crippen molar-refractivity contribution in [2.45, 2.75) is 89.0 Å². The molecule has 1 aliphatic heterocycles. The highest BCUT2D eigenvalue weighted by Crippen LogP contribution is 2.66. The summed E-state index contributed by atoms with van der Waals surface area (Å²) in [6, 6.07) is 0. The summed E-state index contributed by atoms with van der Waals surface area (Å²) in [5.74, 6) is -1.35. The number of alkyl carbamates (subject to hydrolysis) is 1. The Balaban J connectivity index is 2.23. The molecule has 1 amide bonds. The number of ketones is 1. The number of hydrogen-bond acceptors (Lipinski definition) is 8. The maximum absolute atomic E-state index is 13.7. The first-order chi connectivity index (χ1) is 14.6. The summed E-state index contributed by atoms with van der Waals surface area (Å²) in [6.45, 7) is 11.9. The van der Waals surface area contributed by atoms with E-state index in [4.69, 9.17) is 14.6 Å². The molecule has 2 aliphatic carbocycles. The van der Waals surface area contributed by atoms with Crippen LogP contribution in [0.2, 0.25) is 0 Å². The van der Waals surface area contributed by atoms with Gasteiger partial charge < -0.3 is 35.2 Å². The van der Waals surface area contributed by atoms with Crippen LogP contribution in [0.3, 0.4) is 0 Å². The predicted molar refractivity (Wildman–Crippen MR) is 115 cm³/mol. The Kier molecular flexibility index (Phi) is 6.10. The van der Waals surface area contributed by atoms with Crippen molar-refractivity contribution in [2.24, 2.45) is 16.7 Å². The van der Waals surface area contributed by atoms with Crippen molar-refractivity contribution in [3.8, 4) is 0 Å². The lowest BCUT2D eigenvalue weighted by Crippen LogP contribution is -2.86. The standard InChI is InChI=1S/C23H37NO8/c1-7-20(4)12-14(27)23(30)21(5)13(26)8-9-19(2,3)16(21)15(28)17(22(23,6)32-20)31-18(29)24-10-11-25/h7,13,15-17,25-26,28,30H,1,8-12H2,2-6H3,(H,24,29)/t13-,15-,16-,17-,20-,21-,22+,23-/m0/s1. The lowest BCUT2D eigenvalue weighted by molar-refractivity contribution is -0.369. The second kappa shape index (κ2) is 7.77. The average molecular weight is 456 g/mol. The van der Waals surface area contributed by atoms with Gasteiger partial charge in [0.15, 0.2) is 17.5 Å². The number of ether oxygens (including phenoxy) is 2. The largest absolute Gasteiger partial charge is 0.440 e. The summed E-state index contributed by atoms with van der Waals surface area (Å²) in [6.07, 6.45) is -2.66. The molecule has 0 aromatic heterocycles. The summed E-state index contributed by atoms with van der Waals surface area (Å²) >= 11 is 0. The van der Waals surface area contributed by atoms with Crippen molar-refractivity contribution < 1.29 is 39.5 Å². The van der Waals surface area contributed by atoms with E-state index in [9.17, 15) is 24.9 Å². The molecule has 0 spiro atoms. The molecule has 0 radical (unpaired) electrons. The first-order valence-electron chi connectivity index (χ1n) is 11.2. The highest BCUT2D eigenvalue weighted by molar-refractivity contribution is 5.92.